The Balaban J connectivity index is 1.67. The number of hydrogen-bond donors (Lipinski definition) is 2. The molecule has 0 aliphatic heterocycles. The summed E-state index contributed by atoms with van der Waals surface area (Å²) in [4.78, 5) is 20.2. The van der Waals surface area contributed by atoms with Crippen LogP contribution in [0, 0.1) is 13.8 Å². The largest absolute Gasteiger partial charge is 0.367 e. The van der Waals surface area contributed by atoms with Crippen LogP contribution in [-0.4, -0.2) is 63.0 Å². The van der Waals surface area contributed by atoms with E-state index >= 15 is 0 Å². The van der Waals surface area contributed by atoms with Gasteiger partial charge in [-0.3, -0.25) is 9.48 Å². The number of nitrogens with zero attached hydrogens (tertiary/aromatic N) is 6. The first-order valence-corrected chi connectivity index (χ1v) is 11.8. The van der Waals surface area contributed by atoms with Crippen LogP contribution in [0.4, 0.5) is 5.82 Å². The van der Waals surface area contributed by atoms with Gasteiger partial charge in [0.1, 0.15) is 11.5 Å². The molecule has 9 heteroatoms. The fourth-order valence-electron chi connectivity index (χ4n) is 4.02. The van der Waals surface area contributed by atoms with E-state index < -0.39 is 0 Å². The lowest BCUT2D eigenvalue weighted by Crippen LogP contribution is -2.27. The Kier molecular flexibility index (Phi) is 7.36. The molecule has 0 radical (unpaired) electrons. The molecule has 1 aromatic carbocycles. The van der Waals surface area contributed by atoms with Crippen molar-refractivity contribution < 1.29 is 4.79 Å². The van der Waals surface area contributed by atoms with Crippen LogP contribution in [0.3, 0.4) is 0 Å². The quantitative estimate of drug-likeness (QED) is 0.360. The lowest BCUT2D eigenvalue weighted by Gasteiger charge is -2.19. The maximum atomic E-state index is 13.7. The topological polar surface area (TPSA) is 101 Å². The Morgan fingerprint density at radius 3 is 2.57 bits per heavy atom. The van der Waals surface area contributed by atoms with Gasteiger partial charge in [-0.2, -0.15) is 5.10 Å². The van der Waals surface area contributed by atoms with Gasteiger partial charge in [-0.05, 0) is 58.2 Å². The molecule has 0 spiro atoms. The summed E-state index contributed by atoms with van der Waals surface area (Å²) in [5.74, 6) is 0.616. The standard InChI is InChI=1S/C26H32N8O/c1-6-34-18(3)19(15-29-34)16-33(5)26(35)21-14-24(30-22-8-7-17(2)13-20(21)22)23-9-10-25(32-31-23)28-12-11-27-4/h7-10,13-15,27H,6,11-12,16H2,1-5H3,(H,28,32). The van der Waals surface area contributed by atoms with Crippen molar-refractivity contribution in [2.75, 3.05) is 32.5 Å². The van der Waals surface area contributed by atoms with Crippen LogP contribution in [0.25, 0.3) is 22.3 Å². The number of carbonyl (C=O) groups excluding carboxylic acids is 1. The second-order valence-electron chi connectivity index (χ2n) is 8.64. The normalized spacial score (nSPS) is 11.1. The van der Waals surface area contributed by atoms with Crippen LogP contribution < -0.4 is 10.6 Å². The SMILES string of the molecule is CCn1ncc(CN(C)C(=O)c2cc(-c3ccc(NCCNC)nn3)nc3ccc(C)cc23)c1C. The van der Waals surface area contributed by atoms with E-state index in [0.29, 0.717) is 29.3 Å². The summed E-state index contributed by atoms with van der Waals surface area (Å²) in [7, 11) is 3.72. The van der Waals surface area contributed by atoms with E-state index in [2.05, 4.69) is 32.9 Å². The fraction of sp³-hybridized carbons (Fsp3) is 0.346. The zero-order valence-corrected chi connectivity index (χ0v) is 21.0. The zero-order valence-electron chi connectivity index (χ0n) is 21.0. The summed E-state index contributed by atoms with van der Waals surface area (Å²) in [5, 5.41) is 20.2. The van der Waals surface area contributed by atoms with Crippen molar-refractivity contribution in [3.8, 4) is 11.4 Å². The van der Waals surface area contributed by atoms with Crippen LogP contribution in [0.5, 0.6) is 0 Å². The van der Waals surface area contributed by atoms with Gasteiger partial charge in [-0.15, -0.1) is 10.2 Å². The average molecular weight is 473 g/mol. The molecule has 0 saturated heterocycles. The molecule has 4 rings (SSSR count). The summed E-state index contributed by atoms with van der Waals surface area (Å²) < 4.78 is 1.94. The molecule has 0 bridgehead atoms. The first-order valence-electron chi connectivity index (χ1n) is 11.8. The Bertz CT molecular complexity index is 1330. The highest BCUT2D eigenvalue weighted by molar-refractivity contribution is 6.07. The number of anilines is 1. The zero-order chi connectivity index (χ0) is 24.9. The van der Waals surface area contributed by atoms with Gasteiger partial charge < -0.3 is 15.5 Å². The van der Waals surface area contributed by atoms with Crippen molar-refractivity contribution in [1.82, 2.24) is 35.2 Å². The smallest absolute Gasteiger partial charge is 0.254 e. The predicted molar refractivity (Wildman–Crippen MR) is 138 cm³/mol. The number of amides is 1. The summed E-state index contributed by atoms with van der Waals surface area (Å²) in [6.45, 7) is 8.95. The minimum atomic E-state index is -0.0776. The van der Waals surface area contributed by atoms with Crippen molar-refractivity contribution in [3.05, 3.63) is 65.0 Å². The van der Waals surface area contributed by atoms with Crippen molar-refractivity contribution in [2.45, 2.75) is 33.9 Å². The molecule has 4 aromatic rings. The van der Waals surface area contributed by atoms with Gasteiger partial charge in [-0.25, -0.2) is 4.98 Å². The predicted octanol–water partition coefficient (Wildman–Crippen LogP) is 3.43. The molecule has 182 valence electrons. The van der Waals surface area contributed by atoms with Gasteiger partial charge in [0.25, 0.3) is 5.91 Å². The molecule has 35 heavy (non-hydrogen) atoms. The minimum absolute atomic E-state index is 0.0776. The van der Waals surface area contributed by atoms with Gasteiger partial charge in [-0.1, -0.05) is 11.6 Å². The molecule has 0 saturated carbocycles. The number of pyridine rings is 1. The Hall–Kier alpha value is -3.85. The van der Waals surface area contributed by atoms with E-state index in [4.69, 9.17) is 4.98 Å². The molecule has 0 atom stereocenters. The third kappa shape index (κ3) is 5.30. The van der Waals surface area contributed by atoms with Crippen molar-refractivity contribution in [2.24, 2.45) is 0 Å². The highest BCUT2D eigenvalue weighted by atomic mass is 16.2. The molecule has 0 unspecified atom stereocenters. The summed E-state index contributed by atoms with van der Waals surface area (Å²) in [6, 6.07) is 11.5. The monoisotopic (exact) mass is 472 g/mol. The van der Waals surface area contributed by atoms with Crippen LogP contribution in [0.2, 0.25) is 0 Å². The van der Waals surface area contributed by atoms with Gasteiger partial charge in [0, 0.05) is 49.9 Å². The summed E-state index contributed by atoms with van der Waals surface area (Å²) in [5.41, 5.74) is 5.74. The van der Waals surface area contributed by atoms with Crippen LogP contribution in [0.1, 0.15) is 34.1 Å². The highest BCUT2D eigenvalue weighted by Crippen LogP contribution is 2.26. The second-order valence-corrected chi connectivity index (χ2v) is 8.64. The Labute approximate surface area is 205 Å². The molecule has 0 fully saturated rings. The first-order chi connectivity index (χ1) is 16.9. The number of hydrogen-bond acceptors (Lipinski definition) is 7. The Morgan fingerprint density at radius 1 is 1.06 bits per heavy atom. The number of aromatic nitrogens is 5. The lowest BCUT2D eigenvalue weighted by molar-refractivity contribution is 0.0787. The first kappa shape index (κ1) is 24.3. The van der Waals surface area contributed by atoms with Gasteiger partial charge in [0.15, 0.2) is 0 Å². The lowest BCUT2D eigenvalue weighted by atomic mass is 10.0. The number of likely N-dealkylation sites (N-methyl/N-ethyl adjacent to an activating group) is 1. The maximum Gasteiger partial charge on any atom is 0.254 e. The number of nitrogens with one attached hydrogen (secondary N) is 2. The summed E-state index contributed by atoms with van der Waals surface area (Å²) >= 11 is 0. The van der Waals surface area contributed by atoms with E-state index in [-0.39, 0.29) is 5.91 Å². The van der Waals surface area contributed by atoms with E-state index in [0.717, 1.165) is 47.4 Å². The average Bonchev–Trinajstić information content (AvgIpc) is 3.22. The van der Waals surface area contributed by atoms with E-state index in [1.165, 1.54) is 0 Å². The summed E-state index contributed by atoms with van der Waals surface area (Å²) in [6.07, 6.45) is 1.84. The third-order valence-electron chi connectivity index (χ3n) is 6.06. The van der Waals surface area contributed by atoms with Crippen LogP contribution in [0.15, 0.2) is 42.6 Å². The van der Waals surface area contributed by atoms with Gasteiger partial charge in [0.05, 0.1) is 23.0 Å². The highest BCUT2D eigenvalue weighted by Gasteiger charge is 2.20. The second kappa shape index (κ2) is 10.6. The minimum Gasteiger partial charge on any atom is -0.367 e. The van der Waals surface area contributed by atoms with E-state index in [9.17, 15) is 4.79 Å². The van der Waals surface area contributed by atoms with E-state index in [1.54, 1.807) is 4.90 Å². The number of aryl methyl sites for hydroxylation is 2. The molecule has 9 nitrogen and oxygen atoms in total. The molecular formula is C26H32N8O. The molecule has 3 aromatic heterocycles. The van der Waals surface area contributed by atoms with Gasteiger partial charge in [0.2, 0.25) is 0 Å². The molecule has 3 heterocycles. The van der Waals surface area contributed by atoms with Crippen LogP contribution >= 0.6 is 0 Å². The molecular weight excluding hydrogens is 440 g/mol. The van der Waals surface area contributed by atoms with Crippen molar-refractivity contribution in [1.29, 1.82) is 0 Å². The van der Waals surface area contributed by atoms with Crippen molar-refractivity contribution in [3.63, 3.8) is 0 Å². The molecule has 2 N–H and O–H groups in total. The van der Waals surface area contributed by atoms with Crippen molar-refractivity contribution >= 4 is 22.6 Å². The fourth-order valence-corrected chi connectivity index (χ4v) is 4.02. The van der Waals surface area contributed by atoms with Crippen LogP contribution in [-0.2, 0) is 13.1 Å². The van der Waals surface area contributed by atoms with E-state index in [1.807, 2.05) is 75.2 Å². The molecule has 1 amide bonds. The number of fused-ring (bicyclic) bond motifs is 1. The number of rotatable bonds is 9. The number of carbonyl (C=O) groups is 1. The molecule has 0 aliphatic rings. The number of benzene rings is 1. The molecule has 0 aliphatic carbocycles. The Morgan fingerprint density at radius 2 is 1.89 bits per heavy atom. The maximum absolute atomic E-state index is 13.7. The van der Waals surface area contributed by atoms with Gasteiger partial charge >= 0.3 is 0 Å². The third-order valence-corrected chi connectivity index (χ3v) is 6.06.